The maximum Gasteiger partial charge on any atom is 0.308 e. The van der Waals surface area contributed by atoms with Gasteiger partial charge in [-0.3, -0.25) is 4.79 Å². The van der Waals surface area contributed by atoms with Crippen LogP contribution in [-0.2, 0) is 30.5 Å². The van der Waals surface area contributed by atoms with Crippen LogP contribution in [0.4, 0.5) is 0 Å². The first-order valence-electron chi connectivity index (χ1n) is 13.9. The summed E-state index contributed by atoms with van der Waals surface area (Å²) in [5, 5.41) is 0. The highest BCUT2D eigenvalue weighted by molar-refractivity contribution is 6.84. The minimum absolute atomic E-state index is 0.277. The number of rotatable bonds is 12. The van der Waals surface area contributed by atoms with E-state index >= 15 is 0 Å². The van der Waals surface area contributed by atoms with E-state index < -0.39 is 33.3 Å². The van der Waals surface area contributed by atoms with Crippen molar-refractivity contribution in [2.24, 2.45) is 0 Å². The second kappa shape index (κ2) is 12.2. The average molecular weight is 605 g/mol. The highest BCUT2D eigenvalue weighted by atomic mass is 28.4. The quantitative estimate of drug-likeness (QED) is 0.139. The summed E-state index contributed by atoms with van der Waals surface area (Å²) in [5.74, 6) is 1.24. The van der Waals surface area contributed by atoms with Crippen molar-refractivity contribution in [3.05, 3.63) is 58.7 Å². The lowest BCUT2D eigenvalue weighted by Crippen LogP contribution is -2.44. The van der Waals surface area contributed by atoms with Crippen LogP contribution in [0.3, 0.4) is 0 Å². The highest BCUT2D eigenvalue weighted by Gasteiger charge is 2.34. The Balaban J connectivity index is 2.55. The predicted octanol–water partition coefficient (Wildman–Crippen LogP) is 8.22. The molecule has 0 N–H and O–H groups in total. The van der Waals surface area contributed by atoms with Crippen LogP contribution >= 0.6 is 0 Å². The van der Waals surface area contributed by atoms with E-state index in [4.69, 9.17) is 17.7 Å². The Bertz CT molecular complexity index is 1160. The summed E-state index contributed by atoms with van der Waals surface area (Å²) in [6, 6.07) is 14.5. The third kappa shape index (κ3) is 10.4. The Hall–Kier alpha value is -1.50. The molecule has 0 aliphatic rings. The van der Waals surface area contributed by atoms with Crippen molar-refractivity contribution in [2.75, 3.05) is 7.11 Å². The van der Waals surface area contributed by atoms with Gasteiger partial charge in [0.2, 0.25) is 0 Å². The first-order valence-corrected chi connectivity index (χ1v) is 27.0. The summed E-state index contributed by atoms with van der Waals surface area (Å²) in [5.41, 5.74) is 4.36. The number of benzene rings is 2. The standard InChI is InChI=1S/C30H52O5Si4/c1-23(31)33-29-18-16-27(20-25(29)22-39(13,14)35-37(8,9)10)30(2,3)26-15-17-28(32-4)24(19-26)21-38(11,12)34-36(5,6)7/h15-20H,21-22H2,1-14H3. The first-order chi connectivity index (χ1) is 17.5. The number of ether oxygens (including phenoxy) is 2. The van der Waals surface area contributed by atoms with Crippen molar-refractivity contribution in [2.45, 2.75) is 104 Å². The van der Waals surface area contributed by atoms with Gasteiger partial charge in [0.15, 0.2) is 33.3 Å². The molecule has 9 heteroatoms. The van der Waals surface area contributed by atoms with Gasteiger partial charge >= 0.3 is 5.97 Å². The summed E-state index contributed by atoms with van der Waals surface area (Å²) in [6.45, 7) is 28.5. The van der Waals surface area contributed by atoms with Crippen LogP contribution in [0.5, 0.6) is 11.5 Å². The SMILES string of the molecule is COc1ccc(C(C)(C)c2ccc(OC(C)=O)c(C[Si](C)(C)O[Si](C)(C)C)c2)cc1C[Si](C)(C)O[Si](C)(C)C. The Morgan fingerprint density at radius 3 is 1.44 bits per heavy atom. The maximum atomic E-state index is 11.9. The maximum absolute atomic E-state index is 11.9. The fraction of sp³-hybridized carbons (Fsp3) is 0.567. The molecule has 0 fully saturated rings. The molecule has 0 aromatic heterocycles. The number of methoxy groups -OCH3 is 1. The van der Waals surface area contributed by atoms with Gasteiger partial charge in [0.1, 0.15) is 11.5 Å². The molecule has 218 valence electrons. The van der Waals surface area contributed by atoms with Crippen molar-refractivity contribution < 1.29 is 22.5 Å². The average Bonchev–Trinajstić information content (AvgIpc) is 2.70. The number of carbonyl (C=O) groups excluding carboxylic acids is 1. The Morgan fingerprint density at radius 1 is 0.692 bits per heavy atom. The lowest BCUT2D eigenvalue weighted by Gasteiger charge is -2.33. The highest BCUT2D eigenvalue weighted by Crippen LogP contribution is 2.38. The number of hydrogen-bond donors (Lipinski definition) is 0. The van der Waals surface area contributed by atoms with Gasteiger partial charge in [-0.25, -0.2) is 0 Å². The van der Waals surface area contributed by atoms with Crippen molar-refractivity contribution >= 4 is 39.2 Å². The van der Waals surface area contributed by atoms with Gasteiger partial charge in [-0.05, 0) is 112 Å². The lowest BCUT2D eigenvalue weighted by molar-refractivity contribution is -0.131. The minimum atomic E-state index is -2.04. The zero-order valence-corrected chi connectivity index (χ0v) is 30.9. The van der Waals surface area contributed by atoms with Crippen molar-refractivity contribution in [1.29, 1.82) is 0 Å². The molecule has 2 rings (SSSR count). The van der Waals surface area contributed by atoms with Crippen LogP contribution in [0.1, 0.15) is 43.0 Å². The van der Waals surface area contributed by atoms with Crippen LogP contribution in [0, 0.1) is 0 Å². The fourth-order valence-corrected chi connectivity index (χ4v) is 21.7. The van der Waals surface area contributed by atoms with E-state index in [1.54, 1.807) is 7.11 Å². The van der Waals surface area contributed by atoms with Gasteiger partial charge in [-0.1, -0.05) is 38.1 Å². The third-order valence-corrected chi connectivity index (χ3v) is 18.2. The van der Waals surface area contributed by atoms with Crippen LogP contribution in [0.15, 0.2) is 36.4 Å². The molecule has 0 bridgehead atoms. The van der Waals surface area contributed by atoms with Gasteiger partial charge in [-0.15, -0.1) is 0 Å². The Kier molecular flexibility index (Phi) is 10.5. The fourth-order valence-electron chi connectivity index (χ4n) is 5.48. The molecule has 0 radical (unpaired) electrons. The van der Waals surface area contributed by atoms with Crippen LogP contribution in [0.25, 0.3) is 0 Å². The second-order valence-corrected chi connectivity index (χ2v) is 32.2. The van der Waals surface area contributed by atoms with E-state index in [2.05, 4.69) is 110 Å². The summed E-state index contributed by atoms with van der Waals surface area (Å²) in [4.78, 5) is 11.9. The number of hydrogen-bond acceptors (Lipinski definition) is 5. The Morgan fingerprint density at radius 2 is 1.08 bits per heavy atom. The van der Waals surface area contributed by atoms with E-state index in [0.29, 0.717) is 5.75 Å². The van der Waals surface area contributed by atoms with Crippen molar-refractivity contribution in [3.8, 4) is 11.5 Å². The Labute approximate surface area is 242 Å². The van der Waals surface area contributed by atoms with Crippen molar-refractivity contribution in [3.63, 3.8) is 0 Å². The molecular weight excluding hydrogens is 553 g/mol. The molecular formula is C30H52O5Si4. The zero-order chi connectivity index (χ0) is 30.0. The lowest BCUT2D eigenvalue weighted by atomic mass is 9.77. The molecule has 2 aromatic rings. The van der Waals surface area contributed by atoms with Gasteiger partial charge in [0, 0.05) is 12.3 Å². The van der Waals surface area contributed by atoms with Gasteiger partial charge in [0.25, 0.3) is 0 Å². The zero-order valence-electron chi connectivity index (χ0n) is 26.9. The molecule has 0 heterocycles. The van der Waals surface area contributed by atoms with Gasteiger partial charge in [-0.2, -0.15) is 0 Å². The normalized spacial score (nSPS) is 13.4. The van der Waals surface area contributed by atoms with Crippen LogP contribution < -0.4 is 9.47 Å². The predicted molar refractivity (Wildman–Crippen MR) is 174 cm³/mol. The molecule has 0 saturated heterocycles. The summed E-state index contributed by atoms with van der Waals surface area (Å²) in [7, 11) is -5.61. The van der Waals surface area contributed by atoms with E-state index in [0.717, 1.165) is 23.4 Å². The van der Waals surface area contributed by atoms with Crippen LogP contribution in [-0.4, -0.2) is 46.3 Å². The molecule has 0 aliphatic carbocycles. The molecule has 0 saturated carbocycles. The molecule has 0 aliphatic heterocycles. The van der Waals surface area contributed by atoms with E-state index in [1.807, 2.05) is 6.07 Å². The van der Waals surface area contributed by atoms with Crippen LogP contribution in [0.2, 0.25) is 65.5 Å². The smallest absolute Gasteiger partial charge is 0.308 e. The first kappa shape index (κ1) is 33.7. The van der Waals surface area contributed by atoms with Gasteiger partial charge in [0.05, 0.1) is 7.11 Å². The number of esters is 1. The molecule has 0 atom stereocenters. The van der Waals surface area contributed by atoms with E-state index in [9.17, 15) is 4.79 Å². The third-order valence-electron chi connectivity index (χ3n) is 6.44. The minimum Gasteiger partial charge on any atom is -0.496 e. The molecule has 0 unspecified atom stereocenters. The molecule has 39 heavy (non-hydrogen) atoms. The summed E-state index contributed by atoms with van der Waals surface area (Å²) < 4.78 is 24.7. The molecule has 0 spiro atoms. The summed E-state index contributed by atoms with van der Waals surface area (Å²) >= 11 is 0. The van der Waals surface area contributed by atoms with E-state index in [1.165, 1.54) is 23.6 Å². The summed E-state index contributed by atoms with van der Waals surface area (Å²) in [6.07, 6.45) is 0. The number of carbonyl (C=O) groups is 1. The van der Waals surface area contributed by atoms with Crippen molar-refractivity contribution in [1.82, 2.24) is 0 Å². The largest absolute Gasteiger partial charge is 0.496 e. The monoisotopic (exact) mass is 604 g/mol. The second-order valence-electron chi connectivity index (χ2n) is 14.4. The molecule has 2 aromatic carbocycles. The molecule has 0 amide bonds. The van der Waals surface area contributed by atoms with E-state index in [-0.39, 0.29) is 11.4 Å². The molecule has 5 nitrogen and oxygen atoms in total. The van der Waals surface area contributed by atoms with Gasteiger partial charge < -0.3 is 17.7 Å². The topological polar surface area (TPSA) is 54.0 Å².